The number of hydrogen-bond acceptors (Lipinski definition) is 0. The van der Waals surface area contributed by atoms with Crippen LogP contribution in [-0.2, 0) is 0 Å². The molecule has 0 atom stereocenters. The summed E-state index contributed by atoms with van der Waals surface area (Å²) in [6.07, 6.45) is 0. The van der Waals surface area contributed by atoms with E-state index >= 15 is 0 Å². The number of hydrogen-bond donors (Lipinski definition) is 0. The highest BCUT2D eigenvalue weighted by atomic mass is 27.2. The van der Waals surface area contributed by atoms with Crippen LogP contribution in [0.3, 0.4) is 0 Å². The summed E-state index contributed by atoms with van der Waals surface area (Å²) in [4.78, 5) is 0. The molecule has 0 fully saturated rings. The summed E-state index contributed by atoms with van der Waals surface area (Å²) in [6, 6.07) is 47.0. The summed E-state index contributed by atoms with van der Waals surface area (Å²) < 4.78 is 4.47. The van der Waals surface area contributed by atoms with Crippen molar-refractivity contribution in [2.45, 2.75) is 0 Å². The third-order valence-electron chi connectivity index (χ3n) is 6.40. The molecule has 0 aliphatic carbocycles. The van der Waals surface area contributed by atoms with E-state index in [4.69, 9.17) is 0 Å². The lowest BCUT2D eigenvalue weighted by Gasteiger charge is -2.20. The van der Waals surface area contributed by atoms with Crippen molar-refractivity contribution in [1.82, 2.24) is 0 Å². The predicted molar refractivity (Wildman–Crippen MR) is 136 cm³/mol. The van der Waals surface area contributed by atoms with Crippen LogP contribution in [0.5, 0.6) is 0 Å². The van der Waals surface area contributed by atoms with Crippen LogP contribution in [0.2, 0.25) is 0 Å². The van der Waals surface area contributed by atoms with Gasteiger partial charge in [-0.2, -0.15) is 0 Å². The predicted octanol–water partition coefficient (Wildman–Crippen LogP) is 5.66. The molecule has 31 heavy (non-hydrogen) atoms. The van der Waals surface area contributed by atoms with Gasteiger partial charge in [0, 0.05) is 0 Å². The standard InChI is InChI=1S/3C10H7.Al/c3*1-2-6-10-8-4-3-7-9(10)5-1;/h3*1-7H;. The summed E-state index contributed by atoms with van der Waals surface area (Å²) in [5.41, 5.74) is 0. The zero-order valence-corrected chi connectivity index (χ0v) is 18.4. The molecule has 6 aromatic rings. The van der Waals surface area contributed by atoms with Gasteiger partial charge < -0.3 is 0 Å². The number of fused-ring (bicyclic) bond motifs is 3. The average molecular weight is 408 g/mol. The van der Waals surface area contributed by atoms with Crippen molar-refractivity contribution in [2.75, 3.05) is 0 Å². The van der Waals surface area contributed by atoms with Gasteiger partial charge in [-0.25, -0.2) is 0 Å². The summed E-state index contributed by atoms with van der Waals surface area (Å²) in [6.45, 7) is 0. The van der Waals surface area contributed by atoms with Crippen LogP contribution in [-0.4, -0.2) is 14.1 Å². The van der Waals surface area contributed by atoms with Gasteiger partial charge >= 0.3 is 14.1 Å². The molecule has 0 N–H and O–H groups in total. The molecule has 0 radical (unpaired) electrons. The van der Waals surface area contributed by atoms with E-state index in [1.54, 1.807) is 0 Å². The van der Waals surface area contributed by atoms with Gasteiger partial charge in [0.15, 0.2) is 0 Å². The van der Waals surface area contributed by atoms with Crippen LogP contribution in [0.4, 0.5) is 0 Å². The molecule has 0 unspecified atom stereocenters. The second-order valence-corrected chi connectivity index (χ2v) is 10.9. The third kappa shape index (κ3) is 3.15. The molecular weight excluding hydrogens is 387 g/mol. The molecular formula is C30H21Al. The van der Waals surface area contributed by atoms with Crippen LogP contribution in [0.1, 0.15) is 0 Å². The minimum Gasteiger partial charge on any atom is -0.0910 e. The second kappa shape index (κ2) is 7.71. The van der Waals surface area contributed by atoms with Crippen molar-refractivity contribution in [2.24, 2.45) is 0 Å². The summed E-state index contributed by atoms with van der Waals surface area (Å²) in [7, 11) is 0. The minimum atomic E-state index is -1.76. The maximum absolute atomic E-state index is 2.36. The molecule has 0 aliphatic rings. The van der Waals surface area contributed by atoms with Crippen molar-refractivity contribution in [3.05, 3.63) is 127 Å². The third-order valence-corrected chi connectivity index (χ3v) is 9.78. The topological polar surface area (TPSA) is 0 Å². The molecule has 0 bridgehead atoms. The van der Waals surface area contributed by atoms with Gasteiger partial charge in [-0.1, -0.05) is 141 Å². The number of benzene rings is 6. The fraction of sp³-hybridized carbons (Fsp3) is 0. The molecule has 0 aromatic heterocycles. The Kier molecular flexibility index (Phi) is 4.58. The Labute approximate surface area is 186 Å². The maximum atomic E-state index is 2.36. The molecule has 144 valence electrons. The van der Waals surface area contributed by atoms with E-state index < -0.39 is 14.1 Å². The maximum Gasteiger partial charge on any atom is 0.386 e. The van der Waals surface area contributed by atoms with Gasteiger partial charge in [-0.05, 0) is 32.3 Å². The monoisotopic (exact) mass is 408 g/mol. The first-order chi connectivity index (χ1) is 15.4. The lowest BCUT2D eigenvalue weighted by atomic mass is 10.1. The highest BCUT2D eigenvalue weighted by Crippen LogP contribution is 2.18. The zero-order chi connectivity index (χ0) is 20.6. The Morgan fingerprint density at radius 1 is 0.290 bits per heavy atom. The molecule has 0 amide bonds. The highest BCUT2D eigenvalue weighted by Gasteiger charge is 2.29. The Morgan fingerprint density at radius 2 is 0.581 bits per heavy atom. The van der Waals surface area contributed by atoms with E-state index in [9.17, 15) is 0 Å². The lowest BCUT2D eigenvalue weighted by molar-refractivity contribution is 1.75. The van der Waals surface area contributed by atoms with Crippen molar-refractivity contribution in [1.29, 1.82) is 0 Å². The van der Waals surface area contributed by atoms with Crippen LogP contribution < -0.4 is 13.3 Å². The van der Waals surface area contributed by atoms with E-state index in [0.717, 1.165) is 0 Å². The SMILES string of the molecule is c1ccc2[c]([Al]([c]3cccc4ccccc34)[c]3cccc4ccccc34)cccc2c1. The van der Waals surface area contributed by atoms with Crippen molar-refractivity contribution < 1.29 is 0 Å². The van der Waals surface area contributed by atoms with E-state index in [2.05, 4.69) is 127 Å². The first-order valence-electron chi connectivity index (χ1n) is 10.8. The van der Waals surface area contributed by atoms with E-state index in [0.29, 0.717) is 0 Å². The number of rotatable bonds is 3. The van der Waals surface area contributed by atoms with E-state index in [-0.39, 0.29) is 0 Å². The van der Waals surface area contributed by atoms with Crippen LogP contribution >= 0.6 is 0 Å². The molecule has 0 heterocycles. The van der Waals surface area contributed by atoms with Gasteiger partial charge in [0.05, 0.1) is 0 Å². The van der Waals surface area contributed by atoms with E-state index in [1.807, 2.05) is 0 Å². The van der Waals surface area contributed by atoms with Crippen LogP contribution in [0, 0.1) is 0 Å². The fourth-order valence-corrected chi connectivity index (χ4v) is 8.65. The molecule has 0 nitrogen and oxygen atoms in total. The van der Waals surface area contributed by atoms with Crippen LogP contribution in [0.15, 0.2) is 127 Å². The molecule has 6 rings (SSSR count). The summed E-state index contributed by atoms with van der Waals surface area (Å²) >= 11 is -1.76. The van der Waals surface area contributed by atoms with E-state index in [1.165, 1.54) is 45.6 Å². The van der Waals surface area contributed by atoms with Crippen molar-refractivity contribution in [3.8, 4) is 0 Å². The fourth-order valence-electron chi connectivity index (χ4n) is 5.01. The highest BCUT2D eigenvalue weighted by molar-refractivity contribution is 6.99. The second-order valence-electron chi connectivity index (χ2n) is 8.14. The van der Waals surface area contributed by atoms with Crippen molar-refractivity contribution in [3.63, 3.8) is 0 Å². The van der Waals surface area contributed by atoms with Crippen LogP contribution in [0.25, 0.3) is 32.3 Å². The van der Waals surface area contributed by atoms with Gasteiger partial charge in [0.25, 0.3) is 0 Å². The van der Waals surface area contributed by atoms with Crippen molar-refractivity contribution >= 4 is 59.7 Å². The molecule has 0 saturated heterocycles. The smallest absolute Gasteiger partial charge is 0.0910 e. The van der Waals surface area contributed by atoms with Gasteiger partial charge in [0.1, 0.15) is 0 Å². The Bertz CT molecular complexity index is 1340. The Hall–Kier alpha value is -3.37. The zero-order valence-electron chi connectivity index (χ0n) is 17.2. The largest absolute Gasteiger partial charge is 0.386 e. The lowest BCUT2D eigenvalue weighted by Crippen LogP contribution is -2.52. The quantitative estimate of drug-likeness (QED) is 0.331. The summed E-state index contributed by atoms with van der Waals surface area (Å²) in [5.74, 6) is 0. The first kappa shape index (κ1) is 18.4. The average Bonchev–Trinajstić information content (AvgIpc) is 2.85. The van der Waals surface area contributed by atoms with Gasteiger partial charge in [-0.15, -0.1) is 0 Å². The molecule has 1 heteroatoms. The molecule has 0 saturated carbocycles. The van der Waals surface area contributed by atoms with Gasteiger partial charge in [0.2, 0.25) is 0 Å². The Morgan fingerprint density at radius 3 is 0.935 bits per heavy atom. The van der Waals surface area contributed by atoms with Gasteiger partial charge in [-0.3, -0.25) is 0 Å². The molecule has 0 aliphatic heterocycles. The first-order valence-corrected chi connectivity index (χ1v) is 12.6. The normalized spacial score (nSPS) is 11.2. The minimum absolute atomic E-state index is 1.32. The Balaban J connectivity index is 1.75. The molecule has 0 spiro atoms. The molecule has 6 aromatic carbocycles. The summed E-state index contributed by atoms with van der Waals surface area (Å²) in [5, 5.41) is 8.08.